The number of aromatic nitrogens is 1. The average molecular weight is 420 g/mol. The van der Waals surface area contributed by atoms with Crippen molar-refractivity contribution in [3.63, 3.8) is 0 Å². The third-order valence-corrected chi connectivity index (χ3v) is 5.89. The molecule has 1 heterocycles. The van der Waals surface area contributed by atoms with Crippen LogP contribution >= 0.6 is 0 Å². The number of aryl methyl sites for hydroxylation is 1. The quantitative estimate of drug-likeness (QED) is 0.661. The molecule has 156 valence electrons. The molecule has 0 spiro atoms. The third-order valence-electron chi connectivity index (χ3n) is 4.96. The number of nitrogens with two attached hydrogens (primary N) is 1. The number of hydrogen-bond donors (Lipinski definition) is 2. The summed E-state index contributed by atoms with van der Waals surface area (Å²) >= 11 is 0. The highest BCUT2D eigenvalue weighted by atomic mass is 32.2. The fraction of sp³-hybridized carbons (Fsp3) is 0.400. The van der Waals surface area contributed by atoms with E-state index in [1.807, 2.05) is 11.5 Å². The molecule has 1 saturated carbocycles. The summed E-state index contributed by atoms with van der Waals surface area (Å²) in [6, 6.07) is 8.20. The van der Waals surface area contributed by atoms with Crippen LogP contribution in [0.4, 0.5) is 0 Å². The van der Waals surface area contributed by atoms with Gasteiger partial charge < -0.3 is 14.6 Å². The predicted molar refractivity (Wildman–Crippen MR) is 107 cm³/mol. The molecule has 3 N–H and O–H groups in total. The number of hydrogen-bond acceptors (Lipinski definition) is 5. The first-order chi connectivity index (χ1) is 13.6. The summed E-state index contributed by atoms with van der Waals surface area (Å²) < 4.78 is 30.0. The molecule has 1 fully saturated rings. The second kappa shape index (κ2) is 8.00. The minimum Gasteiger partial charge on any atom is -0.449 e. The van der Waals surface area contributed by atoms with Crippen LogP contribution in [0.5, 0.6) is 0 Å². The Bertz CT molecular complexity index is 1040. The van der Waals surface area contributed by atoms with E-state index in [9.17, 15) is 18.0 Å². The summed E-state index contributed by atoms with van der Waals surface area (Å²) in [6.07, 6.45) is 1.06. The van der Waals surface area contributed by atoms with Crippen LogP contribution in [0, 0.1) is 13.8 Å². The summed E-state index contributed by atoms with van der Waals surface area (Å²) in [5.74, 6) is -0.836. The number of nitrogens with zero attached hydrogens (tertiary/aromatic N) is 1. The summed E-state index contributed by atoms with van der Waals surface area (Å²) in [4.78, 5) is 24.6. The van der Waals surface area contributed by atoms with Gasteiger partial charge in [0.2, 0.25) is 10.0 Å². The van der Waals surface area contributed by atoms with Gasteiger partial charge in [0.1, 0.15) is 0 Å². The van der Waals surface area contributed by atoms with Gasteiger partial charge in [-0.2, -0.15) is 0 Å². The van der Waals surface area contributed by atoms with E-state index in [4.69, 9.17) is 9.88 Å². The number of amides is 1. The van der Waals surface area contributed by atoms with Crippen LogP contribution in [0.2, 0.25) is 0 Å². The Balaban J connectivity index is 1.72. The molecule has 2 aromatic rings. The smallest absolute Gasteiger partial charge is 0.340 e. The standard InChI is InChI=1S/C20H25N3O5S/c1-12-10-18(20(25)28-14(3)19(24)22-16-6-7-16)13(2)23(12)11-15-4-8-17(9-5-15)29(21,26)27/h4-5,8-10,14,16H,6-7,11H2,1-3H3,(H,22,24)(H2,21,26,27). The molecular weight excluding hydrogens is 394 g/mol. The van der Waals surface area contributed by atoms with Gasteiger partial charge in [0, 0.05) is 24.0 Å². The summed E-state index contributed by atoms with van der Waals surface area (Å²) in [6.45, 7) is 5.68. The maximum absolute atomic E-state index is 12.6. The van der Waals surface area contributed by atoms with Crippen molar-refractivity contribution in [2.45, 2.75) is 57.2 Å². The van der Waals surface area contributed by atoms with E-state index in [0.29, 0.717) is 17.8 Å². The summed E-state index contributed by atoms with van der Waals surface area (Å²) in [5, 5.41) is 7.94. The lowest BCUT2D eigenvalue weighted by Gasteiger charge is -2.14. The van der Waals surface area contributed by atoms with Crippen molar-refractivity contribution in [2.24, 2.45) is 5.14 Å². The molecule has 1 aromatic carbocycles. The molecule has 1 atom stereocenters. The Labute approximate surface area is 170 Å². The second-order valence-corrected chi connectivity index (χ2v) is 8.95. The Hall–Kier alpha value is -2.65. The topological polar surface area (TPSA) is 120 Å². The number of nitrogens with one attached hydrogen (secondary N) is 1. The third kappa shape index (κ3) is 5.04. The van der Waals surface area contributed by atoms with Gasteiger partial charge in [-0.05, 0) is 57.4 Å². The predicted octanol–water partition coefficient (Wildman–Crippen LogP) is 1.62. The van der Waals surface area contributed by atoms with Gasteiger partial charge in [-0.15, -0.1) is 0 Å². The Morgan fingerprint density at radius 1 is 1.24 bits per heavy atom. The van der Waals surface area contributed by atoms with Crippen molar-refractivity contribution in [1.82, 2.24) is 9.88 Å². The highest BCUT2D eigenvalue weighted by Gasteiger charge is 2.28. The van der Waals surface area contributed by atoms with Crippen LogP contribution in [-0.2, 0) is 26.1 Å². The lowest BCUT2D eigenvalue weighted by molar-refractivity contribution is -0.129. The Kier molecular flexibility index (Phi) is 5.81. The molecule has 3 rings (SSSR count). The van der Waals surface area contributed by atoms with E-state index in [1.54, 1.807) is 32.0 Å². The number of ether oxygens (including phenoxy) is 1. The molecule has 1 unspecified atom stereocenters. The first kappa shape index (κ1) is 21.1. The lowest BCUT2D eigenvalue weighted by Crippen LogP contribution is -2.37. The van der Waals surface area contributed by atoms with Gasteiger partial charge in [0.05, 0.1) is 10.5 Å². The minimum absolute atomic E-state index is 0.0462. The van der Waals surface area contributed by atoms with Crippen molar-refractivity contribution in [1.29, 1.82) is 0 Å². The van der Waals surface area contributed by atoms with Crippen molar-refractivity contribution in [3.8, 4) is 0 Å². The van der Waals surface area contributed by atoms with E-state index >= 15 is 0 Å². The number of sulfonamides is 1. The average Bonchev–Trinajstić information content (AvgIpc) is 3.42. The van der Waals surface area contributed by atoms with Crippen LogP contribution in [0.25, 0.3) is 0 Å². The number of benzene rings is 1. The monoisotopic (exact) mass is 419 g/mol. The maximum atomic E-state index is 12.6. The van der Waals surface area contributed by atoms with Crippen molar-refractivity contribution in [2.75, 3.05) is 0 Å². The van der Waals surface area contributed by atoms with E-state index in [2.05, 4.69) is 5.32 Å². The molecule has 1 aliphatic rings. The van der Waals surface area contributed by atoms with Crippen molar-refractivity contribution >= 4 is 21.9 Å². The molecule has 1 aliphatic carbocycles. The molecule has 0 radical (unpaired) electrons. The minimum atomic E-state index is -3.74. The van der Waals surface area contributed by atoms with Gasteiger partial charge in [0.25, 0.3) is 5.91 Å². The van der Waals surface area contributed by atoms with Gasteiger partial charge in [-0.1, -0.05) is 12.1 Å². The van der Waals surface area contributed by atoms with Crippen LogP contribution in [0.3, 0.4) is 0 Å². The van der Waals surface area contributed by atoms with Crippen LogP contribution in [-0.4, -0.2) is 37.0 Å². The van der Waals surface area contributed by atoms with Crippen LogP contribution < -0.4 is 10.5 Å². The number of carbonyl (C=O) groups excluding carboxylic acids is 2. The van der Waals surface area contributed by atoms with Gasteiger partial charge in [-0.25, -0.2) is 18.4 Å². The largest absolute Gasteiger partial charge is 0.449 e. The zero-order valence-electron chi connectivity index (χ0n) is 16.6. The Morgan fingerprint density at radius 2 is 1.86 bits per heavy atom. The van der Waals surface area contributed by atoms with E-state index in [0.717, 1.165) is 24.1 Å². The highest BCUT2D eigenvalue weighted by Crippen LogP contribution is 2.21. The molecule has 8 nitrogen and oxygen atoms in total. The van der Waals surface area contributed by atoms with E-state index < -0.39 is 22.1 Å². The molecule has 0 saturated heterocycles. The number of carbonyl (C=O) groups is 2. The van der Waals surface area contributed by atoms with Crippen molar-refractivity contribution in [3.05, 3.63) is 52.8 Å². The SMILES string of the molecule is Cc1cc(C(=O)OC(C)C(=O)NC2CC2)c(C)n1Cc1ccc(S(N)(=O)=O)cc1. The van der Waals surface area contributed by atoms with Gasteiger partial charge in [-0.3, -0.25) is 4.79 Å². The normalized spacial score (nSPS) is 15.0. The fourth-order valence-corrected chi connectivity index (χ4v) is 3.56. The Morgan fingerprint density at radius 3 is 2.41 bits per heavy atom. The number of primary sulfonamides is 1. The number of esters is 1. The zero-order chi connectivity index (χ0) is 21.3. The zero-order valence-corrected chi connectivity index (χ0v) is 17.5. The summed E-state index contributed by atoms with van der Waals surface area (Å²) in [7, 11) is -3.74. The molecule has 1 aromatic heterocycles. The molecule has 29 heavy (non-hydrogen) atoms. The number of rotatable bonds is 7. The molecule has 1 amide bonds. The van der Waals surface area contributed by atoms with E-state index in [1.165, 1.54) is 12.1 Å². The fourth-order valence-electron chi connectivity index (χ4n) is 3.04. The lowest BCUT2D eigenvalue weighted by atomic mass is 10.2. The van der Waals surface area contributed by atoms with Gasteiger partial charge in [0.15, 0.2) is 6.10 Å². The molecule has 9 heteroatoms. The van der Waals surface area contributed by atoms with E-state index in [-0.39, 0.29) is 16.8 Å². The molecule has 0 aliphatic heterocycles. The van der Waals surface area contributed by atoms with Crippen LogP contribution in [0.1, 0.15) is 47.1 Å². The van der Waals surface area contributed by atoms with Crippen molar-refractivity contribution < 1.29 is 22.7 Å². The first-order valence-electron chi connectivity index (χ1n) is 9.36. The maximum Gasteiger partial charge on any atom is 0.340 e. The first-order valence-corrected chi connectivity index (χ1v) is 10.9. The van der Waals surface area contributed by atoms with Crippen LogP contribution in [0.15, 0.2) is 35.2 Å². The molecule has 0 bridgehead atoms. The van der Waals surface area contributed by atoms with Gasteiger partial charge >= 0.3 is 5.97 Å². The second-order valence-electron chi connectivity index (χ2n) is 7.39. The highest BCUT2D eigenvalue weighted by molar-refractivity contribution is 7.89. The molecular formula is C20H25N3O5S. The summed E-state index contributed by atoms with van der Waals surface area (Å²) in [5.41, 5.74) is 2.81.